The highest BCUT2D eigenvalue weighted by atomic mass is 19.2. The third kappa shape index (κ3) is 3.85. The molecule has 0 spiro atoms. The fourth-order valence-corrected chi connectivity index (χ4v) is 2.79. The van der Waals surface area contributed by atoms with Crippen molar-refractivity contribution < 1.29 is 28.4 Å². The van der Waals surface area contributed by atoms with E-state index in [-0.39, 0.29) is 23.3 Å². The summed E-state index contributed by atoms with van der Waals surface area (Å²) in [5, 5.41) is 0. The normalized spacial score (nSPS) is 21.2. The van der Waals surface area contributed by atoms with Crippen molar-refractivity contribution >= 4 is 0 Å². The summed E-state index contributed by atoms with van der Waals surface area (Å²) in [4.78, 5) is 0. The van der Waals surface area contributed by atoms with Crippen molar-refractivity contribution in [2.75, 3.05) is 13.2 Å². The van der Waals surface area contributed by atoms with Crippen LogP contribution >= 0.6 is 0 Å². The molecule has 134 valence electrons. The summed E-state index contributed by atoms with van der Waals surface area (Å²) in [6.07, 6.45) is 1.46. The number of benzene rings is 2. The monoisotopic (exact) mass is 355 g/mol. The van der Waals surface area contributed by atoms with Crippen LogP contribution in [-0.2, 0) is 9.47 Å². The number of ether oxygens (including phenoxy) is 2. The molecule has 0 radical (unpaired) electrons. The van der Waals surface area contributed by atoms with Crippen molar-refractivity contribution in [3.8, 4) is 11.1 Å². The summed E-state index contributed by atoms with van der Waals surface area (Å²) < 4.78 is 73.5. The van der Waals surface area contributed by atoms with Gasteiger partial charge < -0.3 is 9.47 Å². The van der Waals surface area contributed by atoms with Crippen LogP contribution in [0, 0.1) is 23.3 Å². The maximum Gasteiger partial charge on any atom is 0.194 e. The van der Waals surface area contributed by atoms with Crippen LogP contribution in [0.15, 0.2) is 30.3 Å². The molecular formula is C19H18F4O2. The molecule has 0 amide bonds. The van der Waals surface area contributed by atoms with Crippen LogP contribution in [0.5, 0.6) is 0 Å². The predicted octanol–water partition coefficient (Wildman–Crippen LogP) is 5.17. The Balaban J connectivity index is 1.85. The molecule has 0 aliphatic carbocycles. The van der Waals surface area contributed by atoms with Crippen LogP contribution in [0.2, 0.25) is 0 Å². The van der Waals surface area contributed by atoms with Crippen molar-refractivity contribution in [2.45, 2.75) is 32.0 Å². The van der Waals surface area contributed by atoms with Crippen LogP contribution in [-0.4, -0.2) is 19.5 Å². The highest BCUT2D eigenvalue weighted by Crippen LogP contribution is 2.30. The largest absolute Gasteiger partial charge is 0.352 e. The van der Waals surface area contributed by atoms with Crippen LogP contribution in [0.1, 0.15) is 32.6 Å². The van der Waals surface area contributed by atoms with E-state index in [2.05, 4.69) is 0 Å². The van der Waals surface area contributed by atoms with Gasteiger partial charge in [0.1, 0.15) is 5.82 Å². The van der Waals surface area contributed by atoms with Gasteiger partial charge in [-0.25, -0.2) is 17.6 Å². The second kappa shape index (κ2) is 7.54. The summed E-state index contributed by atoms with van der Waals surface area (Å²) >= 11 is 0. The summed E-state index contributed by atoms with van der Waals surface area (Å²) in [6.45, 7) is 2.79. The first-order valence-electron chi connectivity index (χ1n) is 8.59. The molecule has 1 fully saturated rings. The Morgan fingerprint density at radius 3 is 2.40 bits per heavy atom. The van der Waals surface area contributed by atoms with Crippen molar-refractivity contribution in [3.63, 3.8) is 0 Å². The summed E-state index contributed by atoms with van der Waals surface area (Å²) in [5.74, 6) is -5.76. The van der Waals surface area contributed by atoms with Gasteiger partial charge in [0.05, 0.1) is 14.6 Å². The Labute approximate surface area is 144 Å². The highest BCUT2D eigenvalue weighted by molar-refractivity contribution is 5.65. The lowest BCUT2D eigenvalue weighted by Crippen LogP contribution is -2.30. The zero-order chi connectivity index (χ0) is 18.8. The van der Waals surface area contributed by atoms with Gasteiger partial charge in [0.15, 0.2) is 23.7 Å². The number of hydrogen-bond donors (Lipinski definition) is 0. The van der Waals surface area contributed by atoms with Crippen LogP contribution in [0.3, 0.4) is 0 Å². The van der Waals surface area contributed by atoms with Crippen LogP contribution < -0.4 is 0 Å². The summed E-state index contributed by atoms with van der Waals surface area (Å²) in [5.41, 5.74) is 0.110. The molecule has 25 heavy (non-hydrogen) atoms. The molecular weight excluding hydrogens is 336 g/mol. The second-order valence-electron chi connectivity index (χ2n) is 5.98. The number of hydrogen-bond acceptors (Lipinski definition) is 2. The molecule has 2 nitrogen and oxygen atoms in total. The molecule has 0 atom stereocenters. The van der Waals surface area contributed by atoms with Crippen LogP contribution in [0.25, 0.3) is 11.1 Å². The Hall–Kier alpha value is -1.92. The topological polar surface area (TPSA) is 18.5 Å². The van der Waals surface area contributed by atoms with Gasteiger partial charge in [-0.1, -0.05) is 25.5 Å². The first kappa shape index (κ1) is 16.5. The van der Waals surface area contributed by atoms with E-state index in [4.69, 9.17) is 10.8 Å². The van der Waals surface area contributed by atoms with E-state index < -0.39 is 29.3 Å². The molecule has 0 aromatic heterocycles. The average Bonchev–Trinajstić information content (AvgIpc) is 2.64. The van der Waals surface area contributed by atoms with Gasteiger partial charge in [0.2, 0.25) is 0 Å². The highest BCUT2D eigenvalue weighted by Gasteiger charge is 2.24. The fraction of sp³-hybridized carbons (Fsp3) is 0.368. The molecule has 2 aromatic carbocycles. The van der Waals surface area contributed by atoms with Crippen molar-refractivity contribution in [1.82, 2.24) is 0 Å². The zero-order valence-electron chi connectivity index (χ0n) is 14.6. The maximum absolute atomic E-state index is 14.5. The summed E-state index contributed by atoms with van der Waals surface area (Å²) in [6, 6.07) is 3.89. The van der Waals surface area contributed by atoms with Gasteiger partial charge in [0, 0.05) is 11.5 Å². The first-order chi connectivity index (χ1) is 12.4. The molecule has 0 saturated carbocycles. The maximum atomic E-state index is 14.5. The molecule has 6 heteroatoms. The Morgan fingerprint density at radius 1 is 1.04 bits per heavy atom. The van der Waals surface area contributed by atoms with E-state index in [1.54, 1.807) is 6.07 Å². The van der Waals surface area contributed by atoms with E-state index in [0.717, 1.165) is 12.8 Å². The standard InChI is InChI=1S/C19H18F4O2/c1-2-3-18-24-9-13(10-25-18)11-4-5-14(15(20)6-11)12-7-16(21)19(23)17(22)8-12/h4-8,13,18H,2-3,9-10H2,1H3/i7D. The van der Waals surface area contributed by atoms with Crippen molar-refractivity contribution in [2.24, 2.45) is 0 Å². The minimum atomic E-state index is -1.74. The van der Waals surface area contributed by atoms with E-state index in [0.29, 0.717) is 24.8 Å². The third-order valence-electron chi connectivity index (χ3n) is 4.16. The third-order valence-corrected chi connectivity index (χ3v) is 4.16. The van der Waals surface area contributed by atoms with Crippen molar-refractivity contribution in [3.05, 3.63) is 59.1 Å². The summed E-state index contributed by atoms with van der Waals surface area (Å²) in [7, 11) is 0. The van der Waals surface area contributed by atoms with E-state index in [1.807, 2.05) is 6.92 Å². The molecule has 1 heterocycles. The van der Waals surface area contributed by atoms with E-state index in [9.17, 15) is 17.6 Å². The number of halogens is 4. The predicted molar refractivity (Wildman–Crippen MR) is 85.1 cm³/mol. The SMILES string of the molecule is [2H]c1c(-c2ccc(C3COC(CCC)OC3)cc2F)cc(F)c(F)c1F. The molecule has 0 bridgehead atoms. The van der Waals surface area contributed by atoms with Gasteiger partial charge in [-0.2, -0.15) is 0 Å². The minimum Gasteiger partial charge on any atom is -0.352 e. The molecule has 1 aliphatic heterocycles. The van der Waals surface area contributed by atoms with Gasteiger partial charge in [-0.3, -0.25) is 0 Å². The quantitative estimate of drug-likeness (QED) is 0.557. The lowest BCUT2D eigenvalue weighted by Gasteiger charge is -2.29. The lowest BCUT2D eigenvalue weighted by atomic mass is 9.96. The van der Waals surface area contributed by atoms with Gasteiger partial charge in [-0.05, 0) is 35.7 Å². The fourth-order valence-electron chi connectivity index (χ4n) is 2.79. The second-order valence-corrected chi connectivity index (χ2v) is 5.98. The van der Waals surface area contributed by atoms with Gasteiger partial charge >= 0.3 is 0 Å². The van der Waals surface area contributed by atoms with Crippen LogP contribution in [0.4, 0.5) is 17.6 Å². The molecule has 3 rings (SSSR count). The van der Waals surface area contributed by atoms with E-state index >= 15 is 0 Å². The Kier molecular flexibility index (Phi) is 4.99. The number of rotatable bonds is 4. The van der Waals surface area contributed by atoms with Gasteiger partial charge in [-0.15, -0.1) is 0 Å². The molecule has 1 saturated heterocycles. The lowest BCUT2D eigenvalue weighted by molar-refractivity contribution is -0.189. The molecule has 2 aromatic rings. The minimum absolute atomic E-state index is 0.163. The zero-order valence-corrected chi connectivity index (χ0v) is 13.6. The molecule has 1 aliphatic rings. The molecule has 0 N–H and O–H groups in total. The Morgan fingerprint density at radius 2 is 1.76 bits per heavy atom. The first-order valence-corrected chi connectivity index (χ1v) is 8.09. The average molecular weight is 355 g/mol. The van der Waals surface area contributed by atoms with E-state index in [1.165, 1.54) is 12.1 Å². The smallest absolute Gasteiger partial charge is 0.194 e. The molecule has 0 unspecified atom stereocenters. The van der Waals surface area contributed by atoms with Gasteiger partial charge in [0.25, 0.3) is 0 Å². The van der Waals surface area contributed by atoms with Crippen molar-refractivity contribution in [1.29, 1.82) is 0 Å². The Bertz CT molecular complexity index is 805.